The lowest BCUT2D eigenvalue weighted by Crippen LogP contribution is -2.53. The Morgan fingerprint density at radius 2 is 1.96 bits per heavy atom. The summed E-state index contributed by atoms with van der Waals surface area (Å²) in [6.07, 6.45) is 7.51. The normalized spacial score (nSPS) is 18.0. The van der Waals surface area contributed by atoms with Crippen LogP contribution in [0, 0.1) is 0 Å². The van der Waals surface area contributed by atoms with Crippen LogP contribution in [-0.4, -0.2) is 56.9 Å². The van der Waals surface area contributed by atoms with Crippen molar-refractivity contribution >= 4 is 22.8 Å². The molecule has 0 bridgehead atoms. The zero-order valence-electron chi connectivity index (χ0n) is 16.1. The highest BCUT2D eigenvalue weighted by molar-refractivity contribution is 6.04. The molecule has 0 aromatic carbocycles. The average Bonchev–Trinajstić information content (AvgIpc) is 3.15. The summed E-state index contributed by atoms with van der Waals surface area (Å²) >= 11 is 0. The van der Waals surface area contributed by atoms with E-state index >= 15 is 0 Å². The zero-order valence-corrected chi connectivity index (χ0v) is 16.1. The lowest BCUT2D eigenvalue weighted by molar-refractivity contribution is 0.205. The van der Waals surface area contributed by atoms with Crippen LogP contribution in [0.15, 0.2) is 30.7 Å². The van der Waals surface area contributed by atoms with Crippen LogP contribution in [0.25, 0.3) is 22.3 Å². The van der Waals surface area contributed by atoms with Gasteiger partial charge in [-0.15, -0.1) is 0 Å². The summed E-state index contributed by atoms with van der Waals surface area (Å²) in [6.45, 7) is 2.40. The maximum Gasteiger partial charge on any atom is 0.324 e. The molecule has 1 N–H and O–H groups in total. The maximum atomic E-state index is 13.2. The van der Waals surface area contributed by atoms with Crippen molar-refractivity contribution in [1.29, 1.82) is 0 Å². The van der Waals surface area contributed by atoms with Gasteiger partial charge >= 0.3 is 6.03 Å². The summed E-state index contributed by atoms with van der Waals surface area (Å²) in [5, 5.41) is 7.64. The first-order valence-corrected chi connectivity index (χ1v) is 9.64. The predicted molar refractivity (Wildman–Crippen MR) is 107 cm³/mol. The van der Waals surface area contributed by atoms with E-state index in [1.807, 2.05) is 43.5 Å². The van der Waals surface area contributed by atoms with Gasteiger partial charge < -0.3 is 10.2 Å². The van der Waals surface area contributed by atoms with Crippen LogP contribution >= 0.6 is 0 Å². The minimum atomic E-state index is 0.0421. The third-order valence-corrected chi connectivity index (χ3v) is 5.62. The van der Waals surface area contributed by atoms with Crippen molar-refractivity contribution in [2.45, 2.75) is 25.4 Å². The fourth-order valence-electron chi connectivity index (χ4n) is 4.20. The molecule has 3 aromatic heterocycles. The first kappa shape index (κ1) is 17.1. The fraction of sp³-hybridized carbons (Fsp3) is 0.400. The fourth-order valence-corrected chi connectivity index (χ4v) is 4.20. The van der Waals surface area contributed by atoms with E-state index in [-0.39, 0.29) is 12.1 Å². The monoisotopic (exact) mass is 377 g/mol. The molecule has 1 saturated heterocycles. The number of piperidine rings is 1. The van der Waals surface area contributed by atoms with E-state index in [1.165, 1.54) is 0 Å². The lowest BCUT2D eigenvalue weighted by Gasteiger charge is -2.41. The number of carbonyl (C=O) groups is 1. The second kappa shape index (κ2) is 6.56. The highest BCUT2D eigenvalue weighted by Gasteiger charge is 2.36. The number of nitrogens with zero attached hydrogens (tertiary/aromatic N) is 6. The van der Waals surface area contributed by atoms with E-state index in [0.29, 0.717) is 6.54 Å². The number of pyridine rings is 2. The molecule has 0 saturated carbocycles. The largest absolute Gasteiger partial charge is 0.324 e. The average molecular weight is 377 g/mol. The Labute approximate surface area is 163 Å². The Morgan fingerprint density at radius 3 is 2.71 bits per heavy atom. The van der Waals surface area contributed by atoms with Crippen molar-refractivity contribution < 1.29 is 4.79 Å². The van der Waals surface area contributed by atoms with Crippen molar-refractivity contribution in [3.63, 3.8) is 0 Å². The van der Waals surface area contributed by atoms with Gasteiger partial charge in [-0.05, 0) is 38.1 Å². The summed E-state index contributed by atoms with van der Waals surface area (Å²) < 4.78 is 1.76. The number of hydrogen-bond acceptors (Lipinski definition) is 5. The molecule has 5 heterocycles. The van der Waals surface area contributed by atoms with Gasteiger partial charge in [-0.3, -0.25) is 14.6 Å². The Hall–Kier alpha value is -3.00. The number of anilines is 1. The van der Waals surface area contributed by atoms with Gasteiger partial charge in [0.1, 0.15) is 5.52 Å². The van der Waals surface area contributed by atoms with Crippen LogP contribution in [0.1, 0.15) is 18.4 Å². The number of aryl methyl sites for hydroxylation is 1. The number of amides is 2. The summed E-state index contributed by atoms with van der Waals surface area (Å²) in [5.74, 6) is 0. The number of aromatic nitrogens is 4. The molecule has 0 aliphatic carbocycles. The Morgan fingerprint density at radius 1 is 1.14 bits per heavy atom. The van der Waals surface area contributed by atoms with Crippen molar-refractivity contribution in [2.24, 2.45) is 7.05 Å². The van der Waals surface area contributed by atoms with Crippen LogP contribution in [0.2, 0.25) is 0 Å². The van der Waals surface area contributed by atoms with E-state index in [1.54, 1.807) is 15.8 Å². The van der Waals surface area contributed by atoms with Gasteiger partial charge in [-0.1, -0.05) is 0 Å². The highest BCUT2D eigenvalue weighted by Crippen LogP contribution is 2.37. The lowest BCUT2D eigenvalue weighted by atomic mass is 10.0. The molecule has 2 amide bonds. The summed E-state index contributed by atoms with van der Waals surface area (Å²) in [6, 6.07) is 4.16. The summed E-state index contributed by atoms with van der Waals surface area (Å²) in [5.41, 5.74) is 5.36. The van der Waals surface area contributed by atoms with E-state index in [0.717, 1.165) is 59.5 Å². The molecule has 0 radical (unpaired) electrons. The van der Waals surface area contributed by atoms with Gasteiger partial charge in [-0.25, -0.2) is 9.78 Å². The maximum absolute atomic E-state index is 13.2. The number of carbonyl (C=O) groups excluding carboxylic acids is 1. The van der Waals surface area contributed by atoms with E-state index < -0.39 is 0 Å². The minimum absolute atomic E-state index is 0.0421. The Balaban J connectivity index is 1.70. The number of urea groups is 1. The molecule has 8 nitrogen and oxygen atoms in total. The SMILES string of the molecule is CN1Cc2cnc3ccc(-c4cnn(C)c4)nc3c2N(C2CCNCC2)C1=O. The van der Waals surface area contributed by atoms with Gasteiger partial charge in [0.2, 0.25) is 0 Å². The summed E-state index contributed by atoms with van der Waals surface area (Å²) in [4.78, 5) is 26.4. The molecule has 3 aromatic rings. The van der Waals surface area contributed by atoms with E-state index in [2.05, 4.69) is 15.4 Å². The zero-order chi connectivity index (χ0) is 19.3. The Kier molecular flexibility index (Phi) is 4.01. The second-order valence-corrected chi connectivity index (χ2v) is 7.59. The molecule has 28 heavy (non-hydrogen) atoms. The van der Waals surface area contributed by atoms with E-state index in [9.17, 15) is 4.79 Å². The smallest absolute Gasteiger partial charge is 0.323 e. The molecular formula is C20H23N7O. The van der Waals surface area contributed by atoms with Crippen LogP contribution in [0.5, 0.6) is 0 Å². The third kappa shape index (κ3) is 2.72. The third-order valence-electron chi connectivity index (χ3n) is 5.62. The molecule has 0 unspecified atom stereocenters. The van der Waals surface area contributed by atoms with Crippen molar-refractivity contribution in [3.05, 3.63) is 36.3 Å². The molecule has 2 aliphatic heterocycles. The topological polar surface area (TPSA) is 79.2 Å². The Bertz CT molecular complexity index is 1050. The first-order valence-electron chi connectivity index (χ1n) is 9.64. The quantitative estimate of drug-likeness (QED) is 0.740. The molecule has 1 fully saturated rings. The van der Waals surface area contributed by atoms with Gasteiger partial charge in [0, 0.05) is 43.7 Å². The standard InChI is InChI=1S/C20H23N7O/c1-25-11-14-9-22-17-4-3-16(13-10-23-26(2)12-13)24-18(17)19(14)27(20(25)28)15-5-7-21-8-6-15/h3-4,9-10,12,15,21H,5-8,11H2,1-2H3. The van der Waals surface area contributed by atoms with Crippen LogP contribution in [0.4, 0.5) is 10.5 Å². The van der Waals surface area contributed by atoms with Crippen molar-refractivity contribution in [1.82, 2.24) is 30.0 Å². The van der Waals surface area contributed by atoms with Crippen LogP contribution < -0.4 is 10.2 Å². The van der Waals surface area contributed by atoms with E-state index in [4.69, 9.17) is 4.98 Å². The van der Waals surface area contributed by atoms with Gasteiger partial charge in [0.05, 0.1) is 29.6 Å². The molecule has 5 rings (SSSR count). The molecule has 0 spiro atoms. The van der Waals surface area contributed by atoms with Crippen LogP contribution in [0.3, 0.4) is 0 Å². The molecular weight excluding hydrogens is 354 g/mol. The molecule has 2 aliphatic rings. The van der Waals surface area contributed by atoms with Gasteiger partial charge in [-0.2, -0.15) is 5.10 Å². The highest BCUT2D eigenvalue weighted by atomic mass is 16.2. The van der Waals surface area contributed by atoms with Crippen molar-refractivity contribution in [2.75, 3.05) is 25.0 Å². The number of nitrogens with one attached hydrogen (secondary N) is 1. The first-order chi connectivity index (χ1) is 13.6. The molecule has 144 valence electrons. The van der Waals surface area contributed by atoms with Crippen LogP contribution in [-0.2, 0) is 13.6 Å². The predicted octanol–water partition coefficient (Wildman–Crippen LogP) is 2.15. The summed E-state index contributed by atoms with van der Waals surface area (Å²) in [7, 11) is 3.74. The second-order valence-electron chi connectivity index (χ2n) is 7.59. The van der Waals surface area contributed by atoms with Gasteiger partial charge in [0.15, 0.2) is 0 Å². The minimum Gasteiger partial charge on any atom is -0.323 e. The van der Waals surface area contributed by atoms with Gasteiger partial charge in [0.25, 0.3) is 0 Å². The number of fused-ring (bicyclic) bond motifs is 3. The number of rotatable bonds is 2. The molecule has 8 heteroatoms. The molecule has 0 atom stereocenters. The van der Waals surface area contributed by atoms with Crippen molar-refractivity contribution in [3.8, 4) is 11.3 Å². The number of hydrogen-bond donors (Lipinski definition) is 1.